The van der Waals surface area contributed by atoms with E-state index in [1.807, 2.05) is 0 Å². The summed E-state index contributed by atoms with van der Waals surface area (Å²) in [6.45, 7) is 2.86. The number of ether oxygens (including phenoxy) is 4. The molecule has 12 atom stereocenters. The number of carbonyl (C=O) groups excluding carboxylic acids is 1. The number of allylic oxidation sites excluding steroid dienone is 6. The molecule has 2 rings (SSSR count). The maximum atomic E-state index is 13.3. The van der Waals surface area contributed by atoms with E-state index in [9.17, 15) is 45.6 Å². The molecule has 0 aromatic heterocycles. The minimum absolute atomic E-state index is 0.217. The molecule has 9 N–H and O–H groups in total. The van der Waals surface area contributed by atoms with E-state index in [1.165, 1.54) is 141 Å². The van der Waals surface area contributed by atoms with E-state index in [1.54, 1.807) is 0 Å². The molecule has 0 spiro atoms. The molecule has 14 nitrogen and oxygen atoms in total. The fraction of sp³-hybridized carbons (Fsp3) is 0.885. The van der Waals surface area contributed by atoms with Crippen LogP contribution >= 0.6 is 0 Å². The first-order valence-electron chi connectivity index (χ1n) is 30.7. The highest BCUT2D eigenvalue weighted by Gasteiger charge is 2.51. The lowest BCUT2D eigenvalue weighted by atomic mass is 9.97. The van der Waals surface area contributed by atoms with Gasteiger partial charge in [-0.05, 0) is 51.4 Å². The van der Waals surface area contributed by atoms with Gasteiger partial charge in [-0.1, -0.05) is 230 Å². The normalized spacial score (nSPS) is 25.3. The average molecular weight is 1070 g/mol. The zero-order chi connectivity index (χ0) is 54.6. The summed E-state index contributed by atoms with van der Waals surface area (Å²) in [5, 5.41) is 87.3. The number of hydrogen-bond acceptors (Lipinski definition) is 13. The van der Waals surface area contributed by atoms with E-state index in [2.05, 4.69) is 55.6 Å². The van der Waals surface area contributed by atoms with E-state index in [4.69, 9.17) is 18.9 Å². The highest BCUT2D eigenvalue weighted by atomic mass is 16.7. The third kappa shape index (κ3) is 32.8. The molecule has 2 aliphatic heterocycles. The molecule has 2 saturated heterocycles. The Morgan fingerprint density at radius 1 is 0.480 bits per heavy atom. The van der Waals surface area contributed by atoms with Gasteiger partial charge in [0.25, 0.3) is 0 Å². The lowest BCUT2D eigenvalue weighted by Crippen LogP contribution is -2.65. The average Bonchev–Trinajstić information content (AvgIpc) is 3.41. The maximum absolute atomic E-state index is 13.3. The largest absolute Gasteiger partial charge is 0.394 e. The van der Waals surface area contributed by atoms with Crippen molar-refractivity contribution in [1.82, 2.24) is 5.32 Å². The quantitative estimate of drug-likeness (QED) is 0.0204. The first-order valence-corrected chi connectivity index (χ1v) is 30.7. The van der Waals surface area contributed by atoms with Crippen LogP contribution < -0.4 is 5.32 Å². The Kier molecular flexibility index (Phi) is 43.5. The third-order valence-corrected chi connectivity index (χ3v) is 15.1. The van der Waals surface area contributed by atoms with Crippen LogP contribution in [0.2, 0.25) is 0 Å². The summed E-state index contributed by atoms with van der Waals surface area (Å²) in [6.07, 6.45) is 39.9. The van der Waals surface area contributed by atoms with Crippen molar-refractivity contribution < 1.29 is 64.6 Å². The van der Waals surface area contributed by atoms with Crippen LogP contribution in [0, 0.1) is 0 Å². The van der Waals surface area contributed by atoms with E-state index in [-0.39, 0.29) is 12.5 Å². The predicted octanol–water partition coefficient (Wildman–Crippen LogP) is 10.6. The van der Waals surface area contributed by atoms with Crippen molar-refractivity contribution in [3.05, 3.63) is 36.5 Å². The van der Waals surface area contributed by atoms with Crippen molar-refractivity contribution in [1.29, 1.82) is 0 Å². The van der Waals surface area contributed by atoms with Gasteiger partial charge in [-0.3, -0.25) is 4.79 Å². The summed E-state index contributed by atoms with van der Waals surface area (Å²) < 4.78 is 22.8. The summed E-state index contributed by atoms with van der Waals surface area (Å²) in [5.41, 5.74) is 0. The zero-order valence-electron chi connectivity index (χ0n) is 47.3. The molecule has 2 aliphatic rings. The molecule has 440 valence electrons. The molecule has 0 aliphatic carbocycles. The van der Waals surface area contributed by atoms with Gasteiger partial charge in [0.05, 0.1) is 32.0 Å². The highest BCUT2D eigenvalue weighted by molar-refractivity contribution is 5.76. The monoisotopic (exact) mass is 1070 g/mol. The fourth-order valence-corrected chi connectivity index (χ4v) is 10.1. The van der Waals surface area contributed by atoms with Crippen LogP contribution in [0.25, 0.3) is 0 Å². The van der Waals surface area contributed by atoms with Crippen molar-refractivity contribution in [2.75, 3.05) is 19.8 Å². The summed E-state index contributed by atoms with van der Waals surface area (Å²) >= 11 is 0. The first-order chi connectivity index (χ1) is 36.6. The van der Waals surface area contributed by atoms with Crippen LogP contribution in [0.5, 0.6) is 0 Å². The third-order valence-electron chi connectivity index (χ3n) is 15.1. The van der Waals surface area contributed by atoms with Crippen LogP contribution in [0.4, 0.5) is 0 Å². The van der Waals surface area contributed by atoms with Gasteiger partial charge < -0.3 is 65.1 Å². The van der Waals surface area contributed by atoms with E-state index in [0.29, 0.717) is 19.3 Å². The predicted molar refractivity (Wildman–Crippen MR) is 300 cm³/mol. The lowest BCUT2D eigenvalue weighted by molar-refractivity contribution is -0.359. The Bertz CT molecular complexity index is 1400. The number of hydrogen-bond donors (Lipinski definition) is 9. The molecule has 12 unspecified atom stereocenters. The molecule has 0 radical (unpaired) electrons. The van der Waals surface area contributed by atoms with Crippen molar-refractivity contribution in [3.8, 4) is 0 Å². The minimum Gasteiger partial charge on any atom is -0.394 e. The van der Waals surface area contributed by atoms with Gasteiger partial charge in [-0.15, -0.1) is 0 Å². The van der Waals surface area contributed by atoms with Crippen LogP contribution in [0.1, 0.15) is 251 Å². The van der Waals surface area contributed by atoms with E-state index >= 15 is 0 Å². The molecule has 2 heterocycles. The number of nitrogens with one attached hydrogen (secondary N) is 1. The molecule has 14 heteroatoms. The molecular weight excluding hydrogens is 955 g/mol. The summed E-state index contributed by atoms with van der Waals surface area (Å²) in [5.74, 6) is -0.217. The Balaban J connectivity index is 1.76. The van der Waals surface area contributed by atoms with Crippen molar-refractivity contribution in [2.45, 2.75) is 325 Å². The van der Waals surface area contributed by atoms with Gasteiger partial charge in [0, 0.05) is 6.42 Å². The van der Waals surface area contributed by atoms with Crippen molar-refractivity contribution in [2.24, 2.45) is 0 Å². The van der Waals surface area contributed by atoms with Crippen molar-refractivity contribution in [3.63, 3.8) is 0 Å². The Hall–Kier alpha value is -1.79. The van der Waals surface area contributed by atoms with E-state index in [0.717, 1.165) is 77.0 Å². The van der Waals surface area contributed by atoms with Crippen LogP contribution in [0.15, 0.2) is 36.5 Å². The number of aliphatic hydroxyl groups is 8. The first kappa shape index (κ1) is 69.3. The van der Waals surface area contributed by atoms with Crippen LogP contribution in [-0.4, -0.2) is 140 Å². The Morgan fingerprint density at radius 2 is 0.880 bits per heavy atom. The minimum atomic E-state index is -1.78. The van der Waals surface area contributed by atoms with Gasteiger partial charge >= 0.3 is 0 Å². The van der Waals surface area contributed by atoms with Gasteiger partial charge in [-0.2, -0.15) is 0 Å². The number of carbonyl (C=O) groups is 1. The molecule has 0 aromatic carbocycles. The standard InChI is InChI=1S/C61H113NO13/c1-3-5-7-9-11-13-15-17-19-21-23-25-27-29-31-33-35-37-39-41-43-45-53(66)62-49(50(65)44-42-40-38-36-34-32-30-28-26-24-22-20-18-16-14-12-10-8-6-4-2)48-72-60-58(71)56(69)59(52(47-64)74-60)75-61-57(70)55(68)54(67)51(46-63)73-61/h15,17,21,23,27,29,49-52,54-61,63-65,67-71H,3-14,16,18-20,22,24-26,28,30-48H2,1-2H3,(H,62,66)/b17-15-,23-21-,29-27-. The van der Waals surface area contributed by atoms with Crippen LogP contribution in [0.3, 0.4) is 0 Å². The second-order valence-corrected chi connectivity index (χ2v) is 21.8. The number of rotatable bonds is 49. The van der Waals surface area contributed by atoms with E-state index < -0.39 is 86.8 Å². The van der Waals surface area contributed by atoms with Gasteiger partial charge in [-0.25, -0.2) is 0 Å². The molecule has 0 aromatic rings. The number of aliphatic hydroxyl groups excluding tert-OH is 8. The Morgan fingerprint density at radius 3 is 1.35 bits per heavy atom. The number of unbranched alkanes of at least 4 members (excludes halogenated alkanes) is 30. The SMILES string of the molecule is CCCCCCC/C=C\C/C=C\C/C=C\CCCCCCCCC(=O)NC(COC1OC(CO)C(OC2OC(CO)C(O)C(O)C2O)C(O)C1O)C(O)CCCCCCCCCCCCCCCCCCCCCC. The lowest BCUT2D eigenvalue weighted by Gasteiger charge is -2.46. The van der Waals surface area contributed by atoms with Gasteiger partial charge in [0.1, 0.15) is 48.8 Å². The topological polar surface area (TPSA) is 228 Å². The second-order valence-electron chi connectivity index (χ2n) is 21.8. The van der Waals surface area contributed by atoms with Crippen molar-refractivity contribution >= 4 is 5.91 Å². The zero-order valence-corrected chi connectivity index (χ0v) is 47.3. The molecule has 1 amide bonds. The molecule has 0 bridgehead atoms. The molecular formula is C61H113NO13. The smallest absolute Gasteiger partial charge is 0.220 e. The molecule has 2 fully saturated rings. The number of amides is 1. The van der Waals surface area contributed by atoms with Gasteiger partial charge in [0.2, 0.25) is 5.91 Å². The summed E-state index contributed by atoms with van der Waals surface area (Å²) in [6, 6.07) is -0.836. The molecule has 0 saturated carbocycles. The maximum Gasteiger partial charge on any atom is 0.220 e. The highest BCUT2D eigenvalue weighted by Crippen LogP contribution is 2.30. The molecule has 75 heavy (non-hydrogen) atoms. The summed E-state index contributed by atoms with van der Waals surface area (Å²) in [4.78, 5) is 13.3. The second kappa shape index (κ2) is 47.1. The Labute approximate surface area is 455 Å². The van der Waals surface area contributed by atoms with Gasteiger partial charge in [0.15, 0.2) is 12.6 Å². The van der Waals surface area contributed by atoms with Crippen LogP contribution in [-0.2, 0) is 23.7 Å². The summed E-state index contributed by atoms with van der Waals surface area (Å²) in [7, 11) is 0. The fourth-order valence-electron chi connectivity index (χ4n) is 10.1.